The first-order valence-electron chi connectivity index (χ1n) is 5.32. The molecule has 0 aromatic heterocycles. The molecule has 1 aliphatic heterocycles. The summed E-state index contributed by atoms with van der Waals surface area (Å²) in [4.78, 5) is 13.1. The van der Waals surface area contributed by atoms with Crippen LogP contribution in [0.4, 0.5) is 4.79 Å². The molecule has 1 aliphatic rings. The molecule has 82 valence electrons. The molecule has 1 unspecified atom stereocenters. The largest absolute Gasteiger partial charge is 0.450 e. The van der Waals surface area contributed by atoms with E-state index in [2.05, 4.69) is 0 Å². The zero-order valence-corrected chi connectivity index (χ0v) is 9.03. The molecule has 0 aromatic rings. The van der Waals surface area contributed by atoms with Gasteiger partial charge >= 0.3 is 6.09 Å². The van der Waals surface area contributed by atoms with Gasteiger partial charge in [-0.25, -0.2) is 4.79 Å². The molecular weight excluding hydrogens is 180 g/mol. The molecule has 2 N–H and O–H groups in total. The zero-order valence-electron chi connectivity index (χ0n) is 9.03. The number of amides is 1. The van der Waals surface area contributed by atoms with Crippen molar-refractivity contribution < 1.29 is 9.53 Å². The predicted molar refractivity (Wildman–Crippen MR) is 55.0 cm³/mol. The summed E-state index contributed by atoms with van der Waals surface area (Å²) in [5, 5.41) is 0. The van der Waals surface area contributed by atoms with Crippen molar-refractivity contribution in [3.8, 4) is 0 Å². The van der Waals surface area contributed by atoms with E-state index in [1.54, 1.807) is 4.90 Å². The van der Waals surface area contributed by atoms with Gasteiger partial charge < -0.3 is 15.4 Å². The van der Waals surface area contributed by atoms with Gasteiger partial charge in [-0.05, 0) is 32.6 Å². The van der Waals surface area contributed by atoms with Crippen LogP contribution in [0.15, 0.2) is 0 Å². The molecule has 1 atom stereocenters. The van der Waals surface area contributed by atoms with Crippen molar-refractivity contribution in [2.24, 2.45) is 11.7 Å². The summed E-state index contributed by atoms with van der Waals surface area (Å²) < 4.78 is 4.93. The maximum Gasteiger partial charge on any atom is 0.409 e. The van der Waals surface area contributed by atoms with Gasteiger partial charge in [0.15, 0.2) is 0 Å². The molecule has 1 amide bonds. The number of ether oxygens (including phenoxy) is 1. The number of hydrogen-bond acceptors (Lipinski definition) is 3. The van der Waals surface area contributed by atoms with Gasteiger partial charge in [0.2, 0.25) is 0 Å². The maximum absolute atomic E-state index is 11.3. The Morgan fingerprint density at radius 3 is 2.57 bits per heavy atom. The normalized spacial score (nSPS) is 20.6. The highest BCUT2D eigenvalue weighted by atomic mass is 16.6. The fourth-order valence-electron chi connectivity index (χ4n) is 1.82. The summed E-state index contributed by atoms with van der Waals surface area (Å²) >= 11 is 0. The van der Waals surface area contributed by atoms with Crippen LogP contribution in [0.1, 0.15) is 26.7 Å². The first kappa shape index (κ1) is 11.3. The molecule has 1 saturated heterocycles. The van der Waals surface area contributed by atoms with E-state index in [4.69, 9.17) is 10.5 Å². The highest BCUT2D eigenvalue weighted by molar-refractivity contribution is 5.67. The van der Waals surface area contributed by atoms with Gasteiger partial charge in [0.25, 0.3) is 0 Å². The van der Waals surface area contributed by atoms with Gasteiger partial charge in [-0.2, -0.15) is 0 Å². The molecule has 0 spiro atoms. The summed E-state index contributed by atoms with van der Waals surface area (Å²) in [5.74, 6) is 0.556. The van der Waals surface area contributed by atoms with E-state index in [0.717, 1.165) is 25.9 Å². The number of hydrogen-bond donors (Lipinski definition) is 1. The van der Waals surface area contributed by atoms with Crippen molar-refractivity contribution in [2.75, 3.05) is 19.7 Å². The average Bonchev–Trinajstić information content (AvgIpc) is 2.18. The maximum atomic E-state index is 11.3. The summed E-state index contributed by atoms with van der Waals surface area (Å²) in [7, 11) is 0. The minimum absolute atomic E-state index is 0.185. The smallest absolute Gasteiger partial charge is 0.409 e. The first-order chi connectivity index (χ1) is 6.65. The number of nitrogens with zero attached hydrogens (tertiary/aromatic N) is 1. The van der Waals surface area contributed by atoms with Gasteiger partial charge in [0.05, 0.1) is 6.61 Å². The minimum atomic E-state index is -0.185. The van der Waals surface area contributed by atoms with E-state index in [-0.39, 0.29) is 12.1 Å². The van der Waals surface area contributed by atoms with E-state index in [1.807, 2.05) is 13.8 Å². The highest BCUT2D eigenvalue weighted by Crippen LogP contribution is 2.19. The number of carbonyl (C=O) groups excluding carboxylic acids is 1. The Kier molecular flexibility index (Phi) is 4.20. The lowest BCUT2D eigenvalue weighted by Crippen LogP contribution is -2.42. The highest BCUT2D eigenvalue weighted by Gasteiger charge is 2.25. The number of likely N-dealkylation sites (tertiary alicyclic amines) is 1. The van der Waals surface area contributed by atoms with Crippen molar-refractivity contribution in [1.29, 1.82) is 0 Å². The third kappa shape index (κ3) is 2.87. The minimum Gasteiger partial charge on any atom is -0.450 e. The van der Waals surface area contributed by atoms with Crippen LogP contribution in [0.3, 0.4) is 0 Å². The quantitative estimate of drug-likeness (QED) is 0.728. The van der Waals surface area contributed by atoms with Crippen LogP contribution >= 0.6 is 0 Å². The van der Waals surface area contributed by atoms with Gasteiger partial charge in [-0.3, -0.25) is 0 Å². The fraction of sp³-hybridized carbons (Fsp3) is 0.900. The molecule has 1 fully saturated rings. The molecular formula is C10H20N2O2. The Morgan fingerprint density at radius 2 is 2.14 bits per heavy atom. The lowest BCUT2D eigenvalue weighted by Gasteiger charge is -2.32. The van der Waals surface area contributed by atoms with Gasteiger partial charge in [0.1, 0.15) is 0 Å². The Balaban J connectivity index is 2.31. The van der Waals surface area contributed by atoms with Crippen LogP contribution in [0, 0.1) is 5.92 Å². The molecule has 1 heterocycles. The van der Waals surface area contributed by atoms with Crippen LogP contribution < -0.4 is 5.73 Å². The Morgan fingerprint density at radius 1 is 1.57 bits per heavy atom. The van der Waals surface area contributed by atoms with Crippen LogP contribution in [0.5, 0.6) is 0 Å². The average molecular weight is 200 g/mol. The third-order valence-electron chi connectivity index (χ3n) is 2.81. The molecule has 0 saturated carbocycles. The number of nitrogens with two attached hydrogens (primary N) is 1. The SMILES string of the molecule is CCOC(=O)N1CCC(C(C)N)CC1. The molecule has 0 aliphatic carbocycles. The zero-order chi connectivity index (χ0) is 10.6. The van der Waals surface area contributed by atoms with Gasteiger partial charge in [0, 0.05) is 19.1 Å². The first-order valence-corrected chi connectivity index (χ1v) is 5.32. The number of piperidine rings is 1. The van der Waals surface area contributed by atoms with Crippen molar-refractivity contribution in [3.63, 3.8) is 0 Å². The molecule has 0 radical (unpaired) electrons. The molecule has 14 heavy (non-hydrogen) atoms. The van der Waals surface area contributed by atoms with E-state index in [9.17, 15) is 4.79 Å². The van der Waals surface area contributed by atoms with E-state index >= 15 is 0 Å². The molecule has 4 nitrogen and oxygen atoms in total. The molecule has 4 heteroatoms. The Bertz CT molecular complexity index is 187. The van der Waals surface area contributed by atoms with Gasteiger partial charge in [-0.1, -0.05) is 0 Å². The van der Waals surface area contributed by atoms with E-state index in [0.29, 0.717) is 12.5 Å². The van der Waals surface area contributed by atoms with Crippen molar-refractivity contribution in [1.82, 2.24) is 4.90 Å². The third-order valence-corrected chi connectivity index (χ3v) is 2.81. The van der Waals surface area contributed by atoms with E-state index < -0.39 is 0 Å². The standard InChI is InChI=1S/C10H20N2O2/c1-3-14-10(13)12-6-4-9(5-7-12)8(2)11/h8-9H,3-7,11H2,1-2H3. The number of rotatable bonds is 2. The summed E-state index contributed by atoms with van der Waals surface area (Å²) in [5.41, 5.74) is 5.81. The summed E-state index contributed by atoms with van der Waals surface area (Å²) in [6.45, 7) is 5.87. The van der Waals surface area contributed by atoms with Crippen LogP contribution in [0.2, 0.25) is 0 Å². The second kappa shape index (κ2) is 5.20. The summed E-state index contributed by atoms with van der Waals surface area (Å²) in [6.07, 6.45) is 1.81. The van der Waals surface area contributed by atoms with E-state index in [1.165, 1.54) is 0 Å². The van der Waals surface area contributed by atoms with Crippen molar-refractivity contribution in [2.45, 2.75) is 32.7 Å². The van der Waals surface area contributed by atoms with Crippen LogP contribution in [-0.2, 0) is 4.74 Å². The second-order valence-corrected chi connectivity index (χ2v) is 3.88. The molecule has 0 aromatic carbocycles. The lowest BCUT2D eigenvalue weighted by molar-refractivity contribution is 0.0896. The second-order valence-electron chi connectivity index (χ2n) is 3.88. The lowest BCUT2D eigenvalue weighted by atomic mass is 9.91. The Hall–Kier alpha value is -0.770. The van der Waals surface area contributed by atoms with Gasteiger partial charge in [-0.15, -0.1) is 0 Å². The molecule has 0 bridgehead atoms. The predicted octanol–water partition coefficient (Wildman–Crippen LogP) is 1.20. The van der Waals surface area contributed by atoms with Crippen LogP contribution in [0.25, 0.3) is 0 Å². The van der Waals surface area contributed by atoms with Crippen molar-refractivity contribution >= 4 is 6.09 Å². The van der Waals surface area contributed by atoms with Crippen LogP contribution in [-0.4, -0.2) is 36.7 Å². The van der Waals surface area contributed by atoms with Crippen molar-refractivity contribution in [3.05, 3.63) is 0 Å². The summed E-state index contributed by atoms with van der Waals surface area (Å²) in [6, 6.07) is 0.236. The number of carbonyl (C=O) groups is 1. The Labute approximate surface area is 85.4 Å². The fourth-order valence-corrected chi connectivity index (χ4v) is 1.82. The molecule has 1 rings (SSSR count). The topological polar surface area (TPSA) is 55.6 Å². The monoisotopic (exact) mass is 200 g/mol.